The SMILES string of the molecule is [2H]c1c([2H])c([2H])c(-c2cccc(-c3c([2H])c([2H])c([2H])c([2H])c3[2H])c2-[n+]2[c-]n(-c3cccc(Oc4ccc5c6cc(-c7ccccc7)ccc6n(-c6cc(N7c8ccccc8-c8ccccc8-c8ccccc87)ccn6)c5c4)c3)c3ccccc32)c([2H])c1[2H]. The second-order valence-corrected chi connectivity index (χ2v) is 19.0. The topological polar surface area (TPSA) is 39.1 Å². The lowest BCUT2D eigenvalue weighted by atomic mass is 9.95. The van der Waals surface area contributed by atoms with Crippen LogP contribution in [0.4, 0.5) is 17.1 Å². The first-order valence-electron chi connectivity index (χ1n) is 30.5. The summed E-state index contributed by atoms with van der Waals surface area (Å²) in [6.07, 6.45) is 5.35. The molecule has 0 saturated heterocycles. The lowest BCUT2D eigenvalue weighted by molar-refractivity contribution is -0.571. The molecule has 366 valence electrons. The van der Waals surface area contributed by atoms with E-state index in [4.69, 9.17) is 23.4 Å². The number of fused-ring (bicyclic) bond motifs is 9. The van der Waals surface area contributed by atoms with Gasteiger partial charge in [0.05, 0.1) is 64.2 Å². The fraction of sp³-hybridized carbons (Fsp3) is 0. The molecular formula is C72H47N5O. The van der Waals surface area contributed by atoms with E-state index in [0.717, 1.165) is 72.2 Å². The number of para-hydroxylation sites is 5. The fourth-order valence-corrected chi connectivity index (χ4v) is 11.1. The minimum Gasteiger partial charge on any atom is -0.458 e. The Kier molecular flexibility index (Phi) is 8.52. The summed E-state index contributed by atoms with van der Waals surface area (Å²) >= 11 is 0. The van der Waals surface area contributed by atoms with E-state index in [1.54, 1.807) is 27.3 Å². The van der Waals surface area contributed by atoms with Crippen molar-refractivity contribution in [1.29, 1.82) is 0 Å². The average molecular weight is 1010 g/mol. The molecule has 0 atom stereocenters. The Labute approximate surface area is 465 Å². The molecule has 0 bridgehead atoms. The van der Waals surface area contributed by atoms with Crippen LogP contribution in [0.15, 0.2) is 285 Å². The molecule has 0 aliphatic carbocycles. The van der Waals surface area contributed by atoms with E-state index >= 15 is 0 Å². The molecule has 6 nitrogen and oxygen atoms in total. The van der Waals surface area contributed by atoms with Crippen molar-refractivity contribution in [2.45, 2.75) is 0 Å². The molecule has 78 heavy (non-hydrogen) atoms. The van der Waals surface area contributed by atoms with Gasteiger partial charge in [0, 0.05) is 40.2 Å². The van der Waals surface area contributed by atoms with Crippen molar-refractivity contribution in [3.8, 4) is 84.3 Å². The fourth-order valence-electron chi connectivity index (χ4n) is 11.1. The number of nitrogens with zero attached hydrogens (tertiary/aromatic N) is 5. The second-order valence-electron chi connectivity index (χ2n) is 19.0. The van der Waals surface area contributed by atoms with Crippen LogP contribution in [0.2, 0.25) is 0 Å². The molecule has 11 aromatic carbocycles. The third kappa shape index (κ3) is 7.57. The number of pyridine rings is 1. The molecule has 4 heterocycles. The van der Waals surface area contributed by atoms with Crippen molar-refractivity contribution in [1.82, 2.24) is 14.1 Å². The van der Waals surface area contributed by atoms with Gasteiger partial charge < -0.3 is 9.64 Å². The molecule has 14 aromatic rings. The zero-order valence-corrected chi connectivity index (χ0v) is 41.5. The first kappa shape index (κ1) is 35.6. The van der Waals surface area contributed by atoms with Crippen LogP contribution < -0.4 is 14.2 Å². The molecule has 0 N–H and O–H groups in total. The van der Waals surface area contributed by atoms with Gasteiger partial charge in [-0.05, 0) is 105 Å². The summed E-state index contributed by atoms with van der Waals surface area (Å²) in [5, 5.41) is 2.02. The van der Waals surface area contributed by atoms with E-state index in [2.05, 4.69) is 137 Å². The predicted molar refractivity (Wildman–Crippen MR) is 318 cm³/mol. The van der Waals surface area contributed by atoms with E-state index in [1.807, 2.05) is 85.1 Å². The van der Waals surface area contributed by atoms with Crippen LogP contribution >= 0.6 is 0 Å². The lowest BCUT2D eigenvalue weighted by Crippen LogP contribution is -2.31. The number of benzene rings is 11. The van der Waals surface area contributed by atoms with Crippen LogP contribution in [-0.4, -0.2) is 14.1 Å². The van der Waals surface area contributed by atoms with Gasteiger partial charge in [-0.1, -0.05) is 206 Å². The van der Waals surface area contributed by atoms with Crippen LogP contribution in [0.5, 0.6) is 11.5 Å². The Bertz CT molecular complexity index is 5020. The van der Waals surface area contributed by atoms with E-state index in [0.29, 0.717) is 34.0 Å². The van der Waals surface area contributed by atoms with E-state index in [9.17, 15) is 0 Å². The molecule has 15 rings (SSSR count). The van der Waals surface area contributed by atoms with Gasteiger partial charge in [0.2, 0.25) is 0 Å². The predicted octanol–water partition coefficient (Wildman–Crippen LogP) is 18.1. The van der Waals surface area contributed by atoms with Crippen LogP contribution in [0.25, 0.3) is 106 Å². The Hall–Kier alpha value is -10.6. The van der Waals surface area contributed by atoms with Gasteiger partial charge >= 0.3 is 0 Å². The molecule has 0 amide bonds. The van der Waals surface area contributed by atoms with Crippen molar-refractivity contribution in [3.63, 3.8) is 0 Å². The van der Waals surface area contributed by atoms with Gasteiger partial charge in [0.1, 0.15) is 17.3 Å². The smallest absolute Gasteiger partial charge is 0.269 e. The number of imidazole rings is 1. The average Bonchev–Trinajstić information content (AvgIpc) is 1.69. The molecule has 3 aromatic heterocycles. The zero-order chi connectivity index (χ0) is 60.2. The first-order valence-corrected chi connectivity index (χ1v) is 25.5. The summed E-state index contributed by atoms with van der Waals surface area (Å²) in [7, 11) is 0. The van der Waals surface area contributed by atoms with Crippen molar-refractivity contribution >= 4 is 49.9 Å². The molecule has 6 heteroatoms. The largest absolute Gasteiger partial charge is 0.458 e. The highest BCUT2D eigenvalue weighted by atomic mass is 16.5. The van der Waals surface area contributed by atoms with E-state index < -0.39 is 60.4 Å². The maximum atomic E-state index is 9.12. The summed E-state index contributed by atoms with van der Waals surface area (Å²) in [6, 6.07) is 67.1. The maximum absolute atomic E-state index is 9.12. The number of hydrogen-bond donors (Lipinski definition) is 0. The minimum atomic E-state index is -0.573. The molecule has 0 spiro atoms. The van der Waals surface area contributed by atoms with Gasteiger partial charge in [-0.3, -0.25) is 13.7 Å². The Morgan fingerprint density at radius 2 is 1.03 bits per heavy atom. The molecule has 0 radical (unpaired) electrons. The van der Waals surface area contributed by atoms with Gasteiger partial charge in [-0.15, -0.1) is 0 Å². The summed E-state index contributed by atoms with van der Waals surface area (Å²) < 4.78 is 100. The molecular weight excluding hydrogens is 951 g/mol. The molecule has 0 saturated carbocycles. The van der Waals surface area contributed by atoms with Crippen molar-refractivity contribution in [2.75, 3.05) is 4.90 Å². The van der Waals surface area contributed by atoms with Gasteiger partial charge in [-0.2, -0.15) is 0 Å². The number of aromatic nitrogens is 4. The number of rotatable bonds is 9. The van der Waals surface area contributed by atoms with Crippen molar-refractivity contribution in [2.24, 2.45) is 0 Å². The highest BCUT2D eigenvalue weighted by molar-refractivity contribution is 6.11. The standard InChI is InChI=1S/C72H47N5O/c1-4-20-49(21-5-1)52-38-41-67-64(44-52)63-40-39-56(47-70(63)77(67)71-46-54(42-43-73-71)76-65-34-14-12-30-61(65)59-28-10-11-29-60(59)62-31-13-15-35-66(62)76)78-55-27-18-26-53(45-55)74-48-75(69-37-17-16-36-68(69)74)72-57(50-22-6-2-7-23-50)32-19-33-58(72)51-24-8-3-9-25-51/h1-47H/i2D,3D,6D,7D,8D,9D,22D,23D,24D,25D. The summed E-state index contributed by atoms with van der Waals surface area (Å²) in [5.41, 5.74) is 13.5. The Morgan fingerprint density at radius 1 is 0.410 bits per heavy atom. The van der Waals surface area contributed by atoms with E-state index in [-0.39, 0.29) is 27.9 Å². The van der Waals surface area contributed by atoms with Crippen LogP contribution in [0.3, 0.4) is 0 Å². The second kappa shape index (κ2) is 18.7. The summed E-state index contributed by atoms with van der Waals surface area (Å²) in [5.74, 6) is 1.74. The van der Waals surface area contributed by atoms with Gasteiger partial charge in [-0.25, -0.2) is 4.98 Å². The monoisotopic (exact) mass is 1010 g/mol. The van der Waals surface area contributed by atoms with Gasteiger partial charge in [0.25, 0.3) is 6.33 Å². The number of hydrogen-bond acceptors (Lipinski definition) is 3. The van der Waals surface area contributed by atoms with Crippen LogP contribution in [0, 0.1) is 6.33 Å². The normalized spacial score (nSPS) is 13.6. The Morgan fingerprint density at radius 3 is 1.74 bits per heavy atom. The number of ether oxygens (including phenoxy) is 1. The quantitative estimate of drug-likeness (QED) is 0.107. The highest BCUT2D eigenvalue weighted by Gasteiger charge is 2.27. The zero-order valence-electron chi connectivity index (χ0n) is 51.5. The van der Waals surface area contributed by atoms with Crippen molar-refractivity contribution in [3.05, 3.63) is 291 Å². The summed E-state index contributed by atoms with van der Waals surface area (Å²) in [4.78, 5) is 7.45. The lowest BCUT2D eigenvalue weighted by Gasteiger charge is -2.27. The van der Waals surface area contributed by atoms with Gasteiger partial charge in [0.15, 0.2) is 0 Å². The third-order valence-electron chi connectivity index (χ3n) is 14.5. The highest BCUT2D eigenvalue weighted by Crippen LogP contribution is 2.51. The maximum Gasteiger partial charge on any atom is 0.269 e. The Balaban J connectivity index is 0.875. The first-order chi connectivity index (χ1) is 42.8. The molecule has 1 aliphatic heterocycles. The molecule has 1 aliphatic rings. The molecule has 0 fully saturated rings. The van der Waals surface area contributed by atoms with Crippen LogP contribution in [0.1, 0.15) is 13.7 Å². The number of anilines is 3. The van der Waals surface area contributed by atoms with E-state index in [1.165, 1.54) is 0 Å². The minimum absolute atomic E-state index is 0.139. The third-order valence-corrected chi connectivity index (χ3v) is 14.5. The van der Waals surface area contributed by atoms with Crippen molar-refractivity contribution < 1.29 is 23.0 Å². The molecule has 0 unspecified atom stereocenters. The van der Waals surface area contributed by atoms with Crippen LogP contribution in [-0.2, 0) is 0 Å². The summed E-state index contributed by atoms with van der Waals surface area (Å²) in [6.45, 7) is 0.